The third kappa shape index (κ3) is 5.68. The summed E-state index contributed by atoms with van der Waals surface area (Å²) in [5.74, 6) is 0.154. The first-order valence-electron chi connectivity index (χ1n) is 11.4. The molecule has 0 spiro atoms. The standard InChI is InChI=1S/C26H26ClN3O5S/c1-4-33-21-14-17(6-11-20(21)35-15-22(31)29-19-9-7-18(27)8-10-19)24-23(25(32)34-5-2)16(3)28-26-30(24)12-13-36-26/h6-14,24H,4-5,15H2,1-3H3,(H,29,31)/t24-/m1/s1. The molecule has 0 fully saturated rings. The zero-order valence-corrected chi connectivity index (χ0v) is 21.7. The number of aliphatic imine (C=N–C) groups is 1. The highest BCUT2D eigenvalue weighted by atomic mass is 35.5. The monoisotopic (exact) mass is 527 g/mol. The van der Waals surface area contributed by atoms with E-state index < -0.39 is 12.0 Å². The third-order valence-electron chi connectivity index (χ3n) is 5.39. The fourth-order valence-corrected chi connectivity index (χ4v) is 4.77. The second-order valence-corrected chi connectivity index (χ2v) is 9.12. The van der Waals surface area contributed by atoms with E-state index in [4.69, 9.17) is 25.8 Å². The van der Waals surface area contributed by atoms with E-state index in [1.807, 2.05) is 42.5 Å². The van der Waals surface area contributed by atoms with Crippen LogP contribution in [0.4, 0.5) is 5.69 Å². The first-order chi connectivity index (χ1) is 17.4. The Labute approximate surface area is 219 Å². The van der Waals surface area contributed by atoms with Crippen LogP contribution >= 0.6 is 23.4 Å². The highest BCUT2D eigenvalue weighted by Gasteiger charge is 2.37. The molecule has 36 heavy (non-hydrogen) atoms. The molecule has 2 aliphatic heterocycles. The van der Waals surface area contributed by atoms with Crippen LogP contribution in [-0.2, 0) is 14.3 Å². The minimum Gasteiger partial charge on any atom is -0.490 e. The molecule has 2 aliphatic rings. The number of ether oxygens (including phenoxy) is 3. The number of nitrogens with one attached hydrogen (secondary N) is 1. The Balaban J connectivity index is 1.57. The smallest absolute Gasteiger partial charge is 0.338 e. The second kappa shape index (κ2) is 11.5. The number of nitrogens with zero attached hydrogens (tertiary/aromatic N) is 2. The number of amides is 1. The lowest BCUT2D eigenvalue weighted by Crippen LogP contribution is -2.34. The summed E-state index contributed by atoms with van der Waals surface area (Å²) in [6.07, 6.45) is 1.89. The van der Waals surface area contributed by atoms with E-state index in [1.165, 1.54) is 11.8 Å². The lowest BCUT2D eigenvalue weighted by molar-refractivity contribution is -0.139. The molecule has 10 heteroatoms. The summed E-state index contributed by atoms with van der Waals surface area (Å²) in [5.41, 5.74) is 2.50. The van der Waals surface area contributed by atoms with Crippen LogP contribution in [0.3, 0.4) is 0 Å². The van der Waals surface area contributed by atoms with E-state index in [2.05, 4.69) is 10.3 Å². The topological polar surface area (TPSA) is 89.5 Å². The van der Waals surface area contributed by atoms with Crippen molar-refractivity contribution in [2.75, 3.05) is 25.1 Å². The fourth-order valence-electron chi connectivity index (χ4n) is 3.85. The highest BCUT2D eigenvalue weighted by molar-refractivity contribution is 8.16. The minimum absolute atomic E-state index is 0.207. The van der Waals surface area contributed by atoms with E-state index in [9.17, 15) is 9.59 Å². The predicted molar refractivity (Wildman–Crippen MR) is 141 cm³/mol. The normalized spacial score (nSPS) is 16.4. The Hall–Kier alpha value is -3.43. The van der Waals surface area contributed by atoms with Gasteiger partial charge in [0.1, 0.15) is 0 Å². The summed E-state index contributed by atoms with van der Waals surface area (Å²) in [6.45, 7) is 5.90. The molecule has 0 bridgehead atoms. The summed E-state index contributed by atoms with van der Waals surface area (Å²) < 4.78 is 17.0. The third-order valence-corrected chi connectivity index (χ3v) is 6.41. The van der Waals surface area contributed by atoms with Crippen molar-refractivity contribution < 1.29 is 23.8 Å². The van der Waals surface area contributed by atoms with Crippen LogP contribution in [-0.4, -0.2) is 41.8 Å². The quantitative estimate of drug-likeness (QED) is 0.429. The Morgan fingerprint density at radius 3 is 2.58 bits per heavy atom. The van der Waals surface area contributed by atoms with Gasteiger partial charge in [0, 0.05) is 16.9 Å². The zero-order valence-electron chi connectivity index (χ0n) is 20.1. The van der Waals surface area contributed by atoms with Crippen LogP contribution in [0.15, 0.2) is 70.3 Å². The molecule has 0 aromatic heterocycles. The molecule has 0 radical (unpaired) electrons. The van der Waals surface area contributed by atoms with Gasteiger partial charge in [0.25, 0.3) is 5.91 Å². The molecule has 4 rings (SSSR count). The highest BCUT2D eigenvalue weighted by Crippen LogP contribution is 2.43. The number of esters is 1. The number of carbonyl (C=O) groups excluding carboxylic acids is 2. The van der Waals surface area contributed by atoms with Gasteiger partial charge in [-0.2, -0.15) is 0 Å². The lowest BCUT2D eigenvalue weighted by Gasteiger charge is -2.33. The van der Waals surface area contributed by atoms with Gasteiger partial charge in [-0.15, -0.1) is 0 Å². The van der Waals surface area contributed by atoms with Gasteiger partial charge in [0.05, 0.1) is 30.5 Å². The maximum absolute atomic E-state index is 12.9. The Morgan fingerprint density at radius 2 is 1.86 bits per heavy atom. The van der Waals surface area contributed by atoms with Crippen molar-refractivity contribution in [2.24, 2.45) is 4.99 Å². The number of rotatable bonds is 9. The average molecular weight is 528 g/mol. The number of allylic oxidation sites excluding steroid dienone is 1. The number of amidine groups is 1. The molecule has 1 amide bonds. The van der Waals surface area contributed by atoms with Gasteiger partial charge in [-0.3, -0.25) is 4.79 Å². The lowest BCUT2D eigenvalue weighted by atomic mass is 9.94. The molecule has 8 nitrogen and oxygen atoms in total. The van der Waals surface area contributed by atoms with Crippen LogP contribution in [0.2, 0.25) is 5.02 Å². The summed E-state index contributed by atoms with van der Waals surface area (Å²) in [4.78, 5) is 31.8. The first kappa shape index (κ1) is 25.7. The van der Waals surface area contributed by atoms with E-state index in [0.29, 0.717) is 40.1 Å². The van der Waals surface area contributed by atoms with E-state index in [1.54, 1.807) is 37.3 Å². The number of anilines is 1. The fraction of sp³-hybridized carbons (Fsp3) is 0.269. The maximum atomic E-state index is 12.9. The maximum Gasteiger partial charge on any atom is 0.338 e. The number of halogens is 1. The largest absolute Gasteiger partial charge is 0.490 e. The number of hydrogen-bond donors (Lipinski definition) is 1. The van der Waals surface area contributed by atoms with Crippen molar-refractivity contribution in [2.45, 2.75) is 26.8 Å². The predicted octanol–water partition coefficient (Wildman–Crippen LogP) is 5.52. The molecular formula is C26H26ClN3O5S. The molecule has 0 saturated carbocycles. The van der Waals surface area contributed by atoms with Crippen molar-refractivity contribution in [1.29, 1.82) is 0 Å². The number of fused-ring (bicyclic) bond motifs is 1. The number of carbonyl (C=O) groups is 2. The molecule has 1 N–H and O–H groups in total. The van der Waals surface area contributed by atoms with Gasteiger partial charge in [-0.05, 0) is 68.1 Å². The van der Waals surface area contributed by atoms with Crippen LogP contribution in [0, 0.1) is 0 Å². The van der Waals surface area contributed by atoms with E-state index in [-0.39, 0.29) is 19.1 Å². The van der Waals surface area contributed by atoms with Gasteiger partial charge in [0.2, 0.25) is 0 Å². The van der Waals surface area contributed by atoms with Crippen molar-refractivity contribution in [3.8, 4) is 11.5 Å². The van der Waals surface area contributed by atoms with Crippen LogP contribution in [0.1, 0.15) is 32.4 Å². The van der Waals surface area contributed by atoms with Gasteiger partial charge < -0.3 is 24.4 Å². The molecule has 2 aromatic rings. The van der Waals surface area contributed by atoms with Gasteiger partial charge in [-0.1, -0.05) is 29.4 Å². The molecule has 0 aliphatic carbocycles. The SMILES string of the molecule is CCOC(=O)C1=C(C)N=C2SC=CN2[C@@H]1c1ccc(OCC(=O)Nc2ccc(Cl)cc2)c(OCC)c1. The van der Waals surface area contributed by atoms with Crippen molar-refractivity contribution in [1.82, 2.24) is 4.90 Å². The van der Waals surface area contributed by atoms with E-state index >= 15 is 0 Å². The van der Waals surface area contributed by atoms with Gasteiger partial charge >= 0.3 is 5.97 Å². The van der Waals surface area contributed by atoms with Crippen LogP contribution in [0.25, 0.3) is 0 Å². The molecule has 0 unspecified atom stereocenters. The van der Waals surface area contributed by atoms with Crippen LogP contribution in [0.5, 0.6) is 11.5 Å². The minimum atomic E-state index is -0.441. The first-order valence-corrected chi connectivity index (χ1v) is 12.7. The Kier molecular flexibility index (Phi) is 8.22. The van der Waals surface area contributed by atoms with Crippen molar-refractivity contribution in [3.63, 3.8) is 0 Å². The number of benzene rings is 2. The summed E-state index contributed by atoms with van der Waals surface area (Å²) in [6, 6.07) is 11.8. The molecule has 1 atom stereocenters. The zero-order chi connectivity index (χ0) is 25.7. The summed E-state index contributed by atoms with van der Waals surface area (Å²) >= 11 is 7.38. The van der Waals surface area contributed by atoms with E-state index in [0.717, 1.165) is 10.7 Å². The molecule has 2 heterocycles. The average Bonchev–Trinajstić information content (AvgIpc) is 3.32. The Bertz CT molecular complexity index is 1240. The summed E-state index contributed by atoms with van der Waals surface area (Å²) in [5, 5.41) is 6.05. The van der Waals surface area contributed by atoms with Gasteiger partial charge in [-0.25, -0.2) is 9.79 Å². The Morgan fingerprint density at radius 1 is 1.08 bits per heavy atom. The molecular weight excluding hydrogens is 502 g/mol. The van der Waals surface area contributed by atoms with Crippen molar-refractivity contribution >= 4 is 46.1 Å². The number of thioether (sulfide) groups is 1. The van der Waals surface area contributed by atoms with Gasteiger partial charge in [0.15, 0.2) is 23.3 Å². The molecule has 188 valence electrons. The number of hydrogen-bond acceptors (Lipinski definition) is 8. The molecule has 0 saturated heterocycles. The second-order valence-electron chi connectivity index (χ2n) is 7.81. The summed E-state index contributed by atoms with van der Waals surface area (Å²) in [7, 11) is 0. The van der Waals surface area contributed by atoms with Crippen molar-refractivity contribution in [3.05, 3.63) is 75.9 Å². The van der Waals surface area contributed by atoms with Crippen LogP contribution < -0.4 is 14.8 Å². The molecule has 2 aromatic carbocycles.